The fourth-order valence-corrected chi connectivity index (χ4v) is 2.82. The number of ether oxygens (including phenoxy) is 1. The number of carbonyl (C=O) groups excluding carboxylic acids is 2. The van der Waals surface area contributed by atoms with Crippen LogP contribution in [0.3, 0.4) is 0 Å². The number of anilines is 1. The topological polar surface area (TPSA) is 60.3 Å². The van der Waals surface area contributed by atoms with Crippen LogP contribution in [0, 0.1) is 0 Å². The highest BCUT2D eigenvalue weighted by molar-refractivity contribution is 6.00. The Hall–Kier alpha value is -3.08. The average molecular weight is 336 g/mol. The molecule has 3 rings (SSSR count). The van der Waals surface area contributed by atoms with E-state index in [1.54, 1.807) is 18.3 Å². The van der Waals surface area contributed by atoms with Gasteiger partial charge in [0.1, 0.15) is 11.8 Å². The number of fused-ring (bicyclic) bond motifs is 1. The molecule has 0 aliphatic carbocycles. The molecule has 1 N–H and O–H groups in total. The van der Waals surface area contributed by atoms with Crippen LogP contribution >= 0.6 is 0 Å². The lowest BCUT2D eigenvalue weighted by Crippen LogP contribution is -2.23. The van der Waals surface area contributed by atoms with Crippen LogP contribution in [0.4, 0.5) is 5.69 Å². The number of para-hydroxylation sites is 1. The van der Waals surface area contributed by atoms with E-state index >= 15 is 0 Å². The second-order valence-electron chi connectivity index (χ2n) is 5.75. The lowest BCUT2D eigenvalue weighted by Gasteiger charge is -2.15. The van der Waals surface area contributed by atoms with E-state index in [1.165, 1.54) is 0 Å². The Morgan fingerprint density at radius 3 is 2.60 bits per heavy atom. The van der Waals surface area contributed by atoms with Crippen LogP contribution in [0.5, 0.6) is 5.75 Å². The van der Waals surface area contributed by atoms with Gasteiger partial charge in [-0.25, -0.2) is 0 Å². The van der Waals surface area contributed by atoms with Crippen molar-refractivity contribution in [2.45, 2.75) is 19.9 Å². The Kier molecular flexibility index (Phi) is 4.84. The number of hydrogen-bond donors (Lipinski definition) is 1. The second kappa shape index (κ2) is 7.21. The van der Waals surface area contributed by atoms with Crippen molar-refractivity contribution in [1.29, 1.82) is 0 Å². The molecule has 0 radical (unpaired) electrons. The number of aromatic nitrogens is 1. The minimum atomic E-state index is -0.454. The molecule has 1 aromatic heterocycles. The smallest absolute Gasteiger partial charge is 0.247 e. The summed E-state index contributed by atoms with van der Waals surface area (Å²) in [6.45, 7) is 4.33. The van der Waals surface area contributed by atoms with Gasteiger partial charge in [0.25, 0.3) is 0 Å². The Balaban J connectivity index is 1.82. The van der Waals surface area contributed by atoms with E-state index in [-0.39, 0.29) is 5.91 Å². The largest absolute Gasteiger partial charge is 0.494 e. The highest BCUT2D eigenvalue weighted by Crippen LogP contribution is 2.25. The van der Waals surface area contributed by atoms with Crippen molar-refractivity contribution in [2.75, 3.05) is 11.9 Å². The van der Waals surface area contributed by atoms with Crippen molar-refractivity contribution in [2.24, 2.45) is 0 Å². The van der Waals surface area contributed by atoms with Crippen LogP contribution in [-0.2, 0) is 4.79 Å². The van der Waals surface area contributed by atoms with Gasteiger partial charge in [0, 0.05) is 28.4 Å². The molecule has 1 unspecified atom stereocenters. The molecule has 0 aliphatic heterocycles. The fourth-order valence-electron chi connectivity index (χ4n) is 2.82. The summed E-state index contributed by atoms with van der Waals surface area (Å²) < 4.78 is 7.22. The minimum absolute atomic E-state index is 0.151. The second-order valence-corrected chi connectivity index (χ2v) is 5.75. The van der Waals surface area contributed by atoms with Crippen LogP contribution in [-0.4, -0.2) is 23.4 Å². The van der Waals surface area contributed by atoms with E-state index in [0.717, 1.165) is 22.9 Å². The SMILES string of the molecule is CCOc1ccc(NC(=O)C(C)n2cc(C=O)c3ccccc32)cc1. The maximum atomic E-state index is 12.6. The van der Waals surface area contributed by atoms with Gasteiger partial charge in [-0.3, -0.25) is 9.59 Å². The maximum Gasteiger partial charge on any atom is 0.247 e. The summed E-state index contributed by atoms with van der Waals surface area (Å²) >= 11 is 0. The van der Waals surface area contributed by atoms with Gasteiger partial charge in [-0.15, -0.1) is 0 Å². The first-order valence-corrected chi connectivity index (χ1v) is 8.22. The van der Waals surface area contributed by atoms with Crippen molar-refractivity contribution in [3.8, 4) is 5.75 Å². The third-order valence-corrected chi connectivity index (χ3v) is 4.13. The molecule has 0 fully saturated rings. The van der Waals surface area contributed by atoms with E-state index in [2.05, 4.69) is 5.32 Å². The minimum Gasteiger partial charge on any atom is -0.494 e. The van der Waals surface area contributed by atoms with Crippen molar-refractivity contribution in [1.82, 2.24) is 4.57 Å². The number of rotatable bonds is 6. The average Bonchev–Trinajstić information content (AvgIpc) is 3.02. The standard InChI is InChI=1S/C20H20N2O3/c1-3-25-17-10-8-16(9-11-17)21-20(24)14(2)22-12-15(13-23)18-6-4-5-7-19(18)22/h4-14H,3H2,1-2H3,(H,21,24). The highest BCUT2D eigenvalue weighted by Gasteiger charge is 2.18. The van der Waals surface area contributed by atoms with Gasteiger partial charge < -0.3 is 14.6 Å². The summed E-state index contributed by atoms with van der Waals surface area (Å²) in [4.78, 5) is 23.9. The number of benzene rings is 2. The van der Waals surface area contributed by atoms with Gasteiger partial charge in [0.05, 0.1) is 6.61 Å². The third kappa shape index (κ3) is 3.40. The predicted octanol–water partition coefficient (Wildman–Crippen LogP) is 4.05. The van der Waals surface area contributed by atoms with Crippen LogP contribution in [0.25, 0.3) is 10.9 Å². The van der Waals surface area contributed by atoms with Crippen molar-refractivity contribution in [3.05, 3.63) is 60.3 Å². The Morgan fingerprint density at radius 2 is 1.92 bits per heavy atom. The molecule has 0 saturated heterocycles. The number of amides is 1. The van der Waals surface area contributed by atoms with Gasteiger partial charge >= 0.3 is 0 Å². The summed E-state index contributed by atoms with van der Waals surface area (Å²) in [6.07, 6.45) is 2.54. The third-order valence-electron chi connectivity index (χ3n) is 4.13. The fraction of sp³-hybridized carbons (Fsp3) is 0.200. The Labute approximate surface area is 146 Å². The molecule has 1 atom stereocenters. The van der Waals surface area contributed by atoms with Crippen molar-refractivity contribution < 1.29 is 14.3 Å². The molecule has 25 heavy (non-hydrogen) atoms. The summed E-state index contributed by atoms with van der Waals surface area (Å²) in [5.41, 5.74) is 2.14. The van der Waals surface area contributed by atoms with E-state index < -0.39 is 6.04 Å². The molecule has 0 spiro atoms. The number of nitrogens with zero attached hydrogens (tertiary/aromatic N) is 1. The van der Waals surface area contributed by atoms with Crippen LogP contribution in [0.2, 0.25) is 0 Å². The van der Waals surface area contributed by atoms with Crippen molar-refractivity contribution >= 4 is 28.8 Å². The van der Waals surface area contributed by atoms with Crippen molar-refractivity contribution in [3.63, 3.8) is 0 Å². The van der Waals surface area contributed by atoms with Gasteiger partial charge in [-0.1, -0.05) is 18.2 Å². The predicted molar refractivity (Wildman–Crippen MR) is 98.3 cm³/mol. The number of hydrogen-bond acceptors (Lipinski definition) is 3. The maximum absolute atomic E-state index is 12.6. The first-order valence-electron chi connectivity index (χ1n) is 8.22. The molecular weight excluding hydrogens is 316 g/mol. The molecule has 0 saturated carbocycles. The van der Waals surface area contributed by atoms with E-state index in [4.69, 9.17) is 4.74 Å². The number of carbonyl (C=O) groups is 2. The lowest BCUT2D eigenvalue weighted by atomic mass is 10.2. The molecule has 5 nitrogen and oxygen atoms in total. The van der Waals surface area contributed by atoms with Crippen LogP contribution in [0.15, 0.2) is 54.7 Å². The summed E-state index contributed by atoms with van der Waals surface area (Å²) in [5.74, 6) is 0.614. The summed E-state index contributed by atoms with van der Waals surface area (Å²) in [6, 6.07) is 14.4. The zero-order valence-electron chi connectivity index (χ0n) is 14.2. The van der Waals surface area contributed by atoms with E-state index in [0.29, 0.717) is 17.9 Å². The zero-order chi connectivity index (χ0) is 17.8. The highest BCUT2D eigenvalue weighted by atomic mass is 16.5. The van der Waals surface area contributed by atoms with Crippen LogP contribution < -0.4 is 10.1 Å². The summed E-state index contributed by atoms with van der Waals surface area (Å²) in [7, 11) is 0. The molecule has 0 bridgehead atoms. The molecule has 1 heterocycles. The summed E-state index contributed by atoms with van der Waals surface area (Å²) in [5, 5.41) is 3.74. The van der Waals surface area contributed by atoms with E-state index in [1.807, 2.05) is 54.8 Å². The number of aldehydes is 1. The first-order chi connectivity index (χ1) is 12.1. The molecule has 2 aromatic carbocycles. The van der Waals surface area contributed by atoms with Gasteiger partial charge in [-0.2, -0.15) is 0 Å². The quantitative estimate of drug-likeness (QED) is 0.691. The lowest BCUT2D eigenvalue weighted by molar-refractivity contribution is -0.118. The molecule has 5 heteroatoms. The van der Waals surface area contributed by atoms with E-state index in [9.17, 15) is 9.59 Å². The number of nitrogens with one attached hydrogen (secondary N) is 1. The van der Waals surface area contributed by atoms with Gasteiger partial charge in [-0.05, 0) is 44.2 Å². The first kappa shape index (κ1) is 16.8. The molecule has 0 aliphatic rings. The zero-order valence-corrected chi connectivity index (χ0v) is 14.2. The Bertz CT molecular complexity index is 897. The normalized spacial score (nSPS) is 11.9. The van der Waals surface area contributed by atoms with Crippen LogP contribution in [0.1, 0.15) is 30.2 Å². The molecular formula is C20H20N2O3. The van der Waals surface area contributed by atoms with Gasteiger partial charge in [0.2, 0.25) is 5.91 Å². The Morgan fingerprint density at radius 1 is 1.20 bits per heavy atom. The monoisotopic (exact) mass is 336 g/mol. The molecule has 3 aromatic rings. The molecule has 1 amide bonds. The molecule has 128 valence electrons. The van der Waals surface area contributed by atoms with Gasteiger partial charge in [0.15, 0.2) is 6.29 Å².